The molecule has 0 N–H and O–H groups in total. The van der Waals surface area contributed by atoms with Crippen LogP contribution in [0.5, 0.6) is 11.5 Å². The highest BCUT2D eigenvalue weighted by Gasteiger charge is 2.60. The van der Waals surface area contributed by atoms with E-state index >= 15 is 0 Å². The molecular weight excluding hydrogens is 474 g/mol. The molecule has 3 saturated carbocycles. The molecule has 204 valence electrons. The van der Waals surface area contributed by atoms with Crippen LogP contribution < -0.4 is 9.47 Å². The molecule has 5 aliphatic rings. The van der Waals surface area contributed by atoms with Gasteiger partial charge < -0.3 is 9.47 Å². The number of hydrogen-bond donors (Lipinski definition) is 0. The molecule has 1 aromatic rings. The lowest BCUT2D eigenvalue weighted by atomic mass is 9.47. The van der Waals surface area contributed by atoms with Crippen molar-refractivity contribution in [2.45, 2.75) is 71.6 Å². The Kier molecular flexibility index (Phi) is 6.78. The number of rotatable bonds is 6. The zero-order chi connectivity index (χ0) is 26.5. The van der Waals surface area contributed by atoms with E-state index < -0.39 is 0 Å². The number of fused-ring (bicyclic) bond motifs is 5. The summed E-state index contributed by atoms with van der Waals surface area (Å²) in [4.78, 5) is 28.5. The minimum atomic E-state index is -0.267. The first kappa shape index (κ1) is 25.9. The van der Waals surface area contributed by atoms with E-state index in [0.717, 1.165) is 80.8 Å². The Bertz CT molecular complexity index is 1180. The number of benzene rings is 1. The van der Waals surface area contributed by atoms with Gasteiger partial charge in [-0.3, -0.25) is 14.5 Å². The Hall–Kier alpha value is -2.40. The van der Waals surface area contributed by atoms with Crippen molar-refractivity contribution < 1.29 is 19.1 Å². The third-order valence-electron chi connectivity index (χ3n) is 11.0. The number of likely N-dealkylation sites (tertiary alicyclic amines) is 1. The maximum absolute atomic E-state index is 13.9. The van der Waals surface area contributed by atoms with Gasteiger partial charge in [-0.15, -0.1) is 0 Å². The van der Waals surface area contributed by atoms with Crippen LogP contribution in [0.4, 0.5) is 0 Å². The summed E-state index contributed by atoms with van der Waals surface area (Å²) in [5.74, 6) is 3.67. The van der Waals surface area contributed by atoms with E-state index in [-0.39, 0.29) is 10.8 Å². The number of hydrogen-bond acceptors (Lipinski definition) is 5. The monoisotopic (exact) mass is 517 g/mol. The molecule has 0 amide bonds. The Labute approximate surface area is 227 Å². The lowest BCUT2D eigenvalue weighted by Gasteiger charge is -2.56. The number of allylic oxidation sites excluding steroid dienone is 2. The molecule has 1 aliphatic heterocycles. The second-order valence-electron chi connectivity index (χ2n) is 12.9. The number of Topliss-reactive ketones (excluding diaryl/α,β-unsaturated/α-hetero) is 1. The number of carbonyl (C=O) groups excluding carboxylic acids is 2. The highest BCUT2D eigenvalue weighted by Crippen LogP contribution is 2.65. The fraction of sp³-hybridized carbons (Fsp3) is 0.636. The molecule has 0 bridgehead atoms. The number of ketones is 2. The van der Waals surface area contributed by atoms with Crippen molar-refractivity contribution in [2.75, 3.05) is 33.4 Å². The zero-order valence-electron chi connectivity index (χ0n) is 23.4. The standard InChI is InChI=1S/C33H43NO4/c1-32-12-10-25(35)21-24(32)7-8-26-27(32)11-13-33(2)28(26)20-23(31(33)36)18-22-6-9-29(37-3)30(19-22)38-17-16-34-14-4-5-15-34/h6,9,18-19,21,26-28H,4-5,7-8,10-17,20H2,1-3H3/b23-18+/t26-,27+,28+,32+,33+/m1/s1. The molecule has 6 rings (SSSR count). The van der Waals surface area contributed by atoms with E-state index in [0.29, 0.717) is 42.3 Å². The van der Waals surface area contributed by atoms with Crippen molar-refractivity contribution in [1.82, 2.24) is 4.90 Å². The van der Waals surface area contributed by atoms with E-state index in [1.165, 1.54) is 18.4 Å². The molecule has 0 spiro atoms. The van der Waals surface area contributed by atoms with Gasteiger partial charge in [-0.2, -0.15) is 0 Å². The van der Waals surface area contributed by atoms with Crippen LogP contribution in [0.25, 0.3) is 6.08 Å². The van der Waals surface area contributed by atoms with Gasteiger partial charge in [0, 0.05) is 18.4 Å². The molecule has 5 atom stereocenters. The van der Waals surface area contributed by atoms with Crippen molar-refractivity contribution in [1.29, 1.82) is 0 Å². The third kappa shape index (κ3) is 4.35. The van der Waals surface area contributed by atoms with Crippen LogP contribution in [0.3, 0.4) is 0 Å². The van der Waals surface area contributed by atoms with Gasteiger partial charge in [0.15, 0.2) is 23.1 Å². The van der Waals surface area contributed by atoms with Crippen molar-refractivity contribution in [2.24, 2.45) is 28.6 Å². The number of methoxy groups -OCH3 is 1. The molecule has 1 saturated heterocycles. The zero-order valence-corrected chi connectivity index (χ0v) is 23.4. The minimum absolute atomic E-state index is 0.130. The SMILES string of the molecule is COc1ccc(/C=C2\C[C@H]3[C@@H]4CCC5=CC(=O)CC[C@]5(C)[C@H]4CC[C@]3(C)C2=O)cc1OCCN1CCCC1. The fourth-order valence-electron chi connectivity index (χ4n) is 8.75. The fourth-order valence-corrected chi connectivity index (χ4v) is 8.75. The van der Waals surface area contributed by atoms with E-state index in [1.54, 1.807) is 7.11 Å². The molecule has 1 heterocycles. The summed E-state index contributed by atoms with van der Waals surface area (Å²) in [6.45, 7) is 8.52. The summed E-state index contributed by atoms with van der Waals surface area (Å²) in [5, 5.41) is 0. The van der Waals surface area contributed by atoms with Crippen molar-refractivity contribution in [3.8, 4) is 11.5 Å². The average Bonchev–Trinajstić information content (AvgIpc) is 3.51. The van der Waals surface area contributed by atoms with Gasteiger partial charge in [-0.05, 0) is 123 Å². The summed E-state index contributed by atoms with van der Waals surface area (Å²) in [7, 11) is 1.68. The first-order chi connectivity index (χ1) is 18.3. The number of nitrogens with zero attached hydrogens (tertiary/aromatic N) is 1. The lowest BCUT2D eigenvalue weighted by Crippen LogP contribution is -2.50. The van der Waals surface area contributed by atoms with Crippen LogP contribution in [0.2, 0.25) is 0 Å². The first-order valence-electron chi connectivity index (χ1n) is 14.8. The van der Waals surface area contributed by atoms with Crippen molar-refractivity contribution in [3.63, 3.8) is 0 Å². The van der Waals surface area contributed by atoms with E-state index in [4.69, 9.17) is 9.47 Å². The quantitative estimate of drug-likeness (QED) is 0.417. The van der Waals surface area contributed by atoms with Crippen LogP contribution in [0.15, 0.2) is 35.4 Å². The first-order valence-corrected chi connectivity index (χ1v) is 14.8. The van der Waals surface area contributed by atoms with Gasteiger partial charge in [0.25, 0.3) is 0 Å². The second kappa shape index (κ2) is 9.97. The Balaban J connectivity index is 1.22. The topological polar surface area (TPSA) is 55.8 Å². The summed E-state index contributed by atoms with van der Waals surface area (Å²) >= 11 is 0. The minimum Gasteiger partial charge on any atom is -0.493 e. The summed E-state index contributed by atoms with van der Waals surface area (Å²) in [6.07, 6.45) is 13.3. The Morgan fingerprint density at radius 2 is 1.82 bits per heavy atom. The van der Waals surface area contributed by atoms with Crippen LogP contribution in [0, 0.1) is 28.6 Å². The van der Waals surface area contributed by atoms with Gasteiger partial charge in [0.1, 0.15) is 6.61 Å². The molecule has 5 heteroatoms. The molecule has 1 aromatic carbocycles. The van der Waals surface area contributed by atoms with Gasteiger partial charge >= 0.3 is 0 Å². The molecule has 0 unspecified atom stereocenters. The Morgan fingerprint density at radius 1 is 1.00 bits per heavy atom. The maximum Gasteiger partial charge on any atom is 0.165 e. The summed E-state index contributed by atoms with van der Waals surface area (Å²) < 4.78 is 11.7. The smallest absolute Gasteiger partial charge is 0.165 e. The predicted molar refractivity (Wildman–Crippen MR) is 149 cm³/mol. The average molecular weight is 518 g/mol. The molecule has 4 fully saturated rings. The molecule has 0 radical (unpaired) electrons. The van der Waals surface area contributed by atoms with Crippen molar-refractivity contribution in [3.05, 3.63) is 41.0 Å². The van der Waals surface area contributed by atoms with E-state index in [1.807, 2.05) is 24.3 Å². The number of ether oxygens (including phenoxy) is 2. The largest absolute Gasteiger partial charge is 0.493 e. The number of carbonyl (C=O) groups is 2. The van der Waals surface area contributed by atoms with Crippen molar-refractivity contribution >= 4 is 17.6 Å². The van der Waals surface area contributed by atoms with Crippen LogP contribution >= 0.6 is 0 Å². The van der Waals surface area contributed by atoms with E-state index in [9.17, 15) is 9.59 Å². The van der Waals surface area contributed by atoms with Crippen LogP contribution in [0.1, 0.15) is 77.2 Å². The highest BCUT2D eigenvalue weighted by atomic mass is 16.5. The summed E-state index contributed by atoms with van der Waals surface area (Å²) in [5.41, 5.74) is 3.23. The predicted octanol–water partition coefficient (Wildman–Crippen LogP) is 6.26. The van der Waals surface area contributed by atoms with Crippen LogP contribution in [-0.4, -0.2) is 49.8 Å². The van der Waals surface area contributed by atoms with Gasteiger partial charge in [0.2, 0.25) is 0 Å². The molecule has 0 aromatic heterocycles. The molecule has 5 nitrogen and oxygen atoms in total. The molecule has 38 heavy (non-hydrogen) atoms. The van der Waals surface area contributed by atoms with Gasteiger partial charge in [0.05, 0.1) is 7.11 Å². The van der Waals surface area contributed by atoms with E-state index in [2.05, 4.69) is 24.8 Å². The van der Waals surface area contributed by atoms with Crippen LogP contribution in [-0.2, 0) is 9.59 Å². The molecular formula is C33H43NO4. The second-order valence-corrected chi connectivity index (χ2v) is 12.9. The summed E-state index contributed by atoms with van der Waals surface area (Å²) in [6, 6.07) is 6.04. The van der Waals surface area contributed by atoms with Gasteiger partial charge in [-0.1, -0.05) is 25.5 Å². The normalized spacial score (nSPS) is 36.0. The molecule has 4 aliphatic carbocycles. The highest BCUT2D eigenvalue weighted by molar-refractivity contribution is 6.06. The third-order valence-corrected chi connectivity index (χ3v) is 11.0. The maximum atomic E-state index is 13.9. The lowest BCUT2D eigenvalue weighted by molar-refractivity contribution is -0.130. The van der Waals surface area contributed by atoms with Gasteiger partial charge in [-0.25, -0.2) is 0 Å². The Morgan fingerprint density at radius 3 is 2.61 bits per heavy atom.